The molecule has 9 heteroatoms. The zero-order valence-electron chi connectivity index (χ0n) is 17.5. The van der Waals surface area contributed by atoms with Gasteiger partial charge in [-0.3, -0.25) is 19.3 Å². The fourth-order valence-electron chi connectivity index (χ4n) is 3.42. The first kappa shape index (κ1) is 22.7. The van der Waals surface area contributed by atoms with Gasteiger partial charge >= 0.3 is 0 Å². The van der Waals surface area contributed by atoms with Gasteiger partial charge in [0.25, 0.3) is 0 Å². The van der Waals surface area contributed by atoms with E-state index in [1.807, 2.05) is 6.92 Å². The molecule has 0 spiro atoms. The minimum absolute atomic E-state index is 0.0431. The molecule has 2 aromatic rings. The van der Waals surface area contributed by atoms with Gasteiger partial charge in [-0.1, -0.05) is 23.7 Å². The van der Waals surface area contributed by atoms with Crippen LogP contribution in [-0.4, -0.2) is 48.3 Å². The Labute approximate surface area is 185 Å². The molecule has 3 rings (SSSR count). The second-order valence-electron chi connectivity index (χ2n) is 7.59. The first-order valence-electron chi connectivity index (χ1n) is 9.84. The Hall–Kier alpha value is -2.97. The van der Waals surface area contributed by atoms with Gasteiger partial charge in [-0.05, 0) is 51.2 Å². The highest BCUT2D eigenvalue weighted by Gasteiger charge is 2.31. The quantitative estimate of drug-likeness (QED) is 0.736. The van der Waals surface area contributed by atoms with Crippen molar-refractivity contribution in [1.29, 1.82) is 0 Å². The average Bonchev–Trinajstić information content (AvgIpc) is 2.83. The van der Waals surface area contributed by atoms with E-state index < -0.39 is 11.9 Å². The minimum Gasteiger partial charge on any atom is -0.324 e. The van der Waals surface area contributed by atoms with E-state index in [0.717, 1.165) is 6.07 Å². The summed E-state index contributed by atoms with van der Waals surface area (Å²) in [6, 6.07) is 9.81. The largest absolute Gasteiger partial charge is 0.324 e. The number of anilines is 3. The molecule has 1 aliphatic rings. The fraction of sp³-hybridized carbons (Fsp3) is 0.318. The van der Waals surface area contributed by atoms with E-state index in [1.54, 1.807) is 48.0 Å². The van der Waals surface area contributed by atoms with Crippen molar-refractivity contribution in [3.63, 3.8) is 0 Å². The minimum atomic E-state index is -0.664. The molecular formula is C22H24ClFN4O3. The van der Waals surface area contributed by atoms with Crippen molar-refractivity contribution in [3.8, 4) is 0 Å². The van der Waals surface area contributed by atoms with E-state index in [-0.39, 0.29) is 41.8 Å². The predicted molar refractivity (Wildman–Crippen MR) is 119 cm³/mol. The first-order chi connectivity index (χ1) is 14.7. The number of halogens is 2. The molecule has 0 aliphatic carbocycles. The lowest BCUT2D eigenvalue weighted by Gasteiger charge is -2.31. The molecule has 0 saturated heterocycles. The third-order valence-electron chi connectivity index (χ3n) is 5.24. The molecule has 0 unspecified atom stereocenters. The van der Waals surface area contributed by atoms with E-state index >= 15 is 0 Å². The molecule has 1 aliphatic heterocycles. The van der Waals surface area contributed by atoms with Gasteiger partial charge in [0.15, 0.2) is 0 Å². The van der Waals surface area contributed by atoms with Crippen LogP contribution in [0.15, 0.2) is 42.5 Å². The van der Waals surface area contributed by atoms with Crippen molar-refractivity contribution >= 4 is 46.4 Å². The van der Waals surface area contributed by atoms with Crippen LogP contribution in [-0.2, 0) is 14.4 Å². The highest BCUT2D eigenvalue weighted by molar-refractivity contribution is 6.33. The Kier molecular flexibility index (Phi) is 6.92. The summed E-state index contributed by atoms with van der Waals surface area (Å²) in [5.74, 6) is -1.28. The standard InChI is InChI=1S/C22H24ClFN4O3/c1-13-10-20(29)25-18-6-4-5-7-19(18)28(13)21(30)12-27(3)14(2)22(31)26-17-9-8-15(24)11-16(17)23/h4-9,11,13-14H,10,12H2,1-3H3,(H,25,29)(H,26,31)/t13-,14+/m1/s1. The number of hydrogen-bond donors (Lipinski definition) is 2. The summed E-state index contributed by atoms with van der Waals surface area (Å²) in [6.45, 7) is 3.43. The molecule has 31 heavy (non-hydrogen) atoms. The number of fused-ring (bicyclic) bond motifs is 1. The number of benzene rings is 2. The van der Waals surface area contributed by atoms with E-state index in [2.05, 4.69) is 10.6 Å². The maximum absolute atomic E-state index is 13.2. The van der Waals surface area contributed by atoms with Gasteiger partial charge < -0.3 is 15.5 Å². The summed E-state index contributed by atoms with van der Waals surface area (Å²) in [6.07, 6.45) is 0.170. The second kappa shape index (κ2) is 9.45. The molecule has 164 valence electrons. The number of rotatable bonds is 5. The topological polar surface area (TPSA) is 81.8 Å². The van der Waals surface area contributed by atoms with Gasteiger partial charge in [-0.15, -0.1) is 0 Å². The molecule has 1 heterocycles. The van der Waals surface area contributed by atoms with Crippen molar-refractivity contribution in [2.75, 3.05) is 29.1 Å². The number of hydrogen-bond acceptors (Lipinski definition) is 4. The molecule has 0 radical (unpaired) electrons. The number of nitrogens with one attached hydrogen (secondary N) is 2. The van der Waals surface area contributed by atoms with Crippen LogP contribution in [0.3, 0.4) is 0 Å². The van der Waals surface area contributed by atoms with E-state index in [9.17, 15) is 18.8 Å². The number of carbonyl (C=O) groups is 3. The Morgan fingerprint density at radius 3 is 2.74 bits per heavy atom. The van der Waals surface area contributed by atoms with E-state index in [0.29, 0.717) is 17.1 Å². The molecule has 0 saturated carbocycles. The summed E-state index contributed by atoms with van der Waals surface area (Å²) >= 11 is 5.97. The lowest BCUT2D eigenvalue weighted by atomic mass is 10.1. The number of para-hydroxylation sites is 2. The van der Waals surface area contributed by atoms with Crippen LogP contribution in [0.2, 0.25) is 5.02 Å². The summed E-state index contributed by atoms with van der Waals surface area (Å²) in [4.78, 5) is 41.1. The molecule has 2 atom stereocenters. The van der Waals surface area contributed by atoms with E-state index in [1.165, 1.54) is 12.1 Å². The van der Waals surface area contributed by atoms with Crippen LogP contribution < -0.4 is 15.5 Å². The summed E-state index contributed by atoms with van der Waals surface area (Å²) in [5.41, 5.74) is 1.48. The van der Waals surface area contributed by atoms with Gasteiger partial charge in [0.2, 0.25) is 17.7 Å². The third kappa shape index (κ3) is 5.21. The van der Waals surface area contributed by atoms with Gasteiger partial charge in [0.1, 0.15) is 5.82 Å². The van der Waals surface area contributed by atoms with Crippen LogP contribution >= 0.6 is 11.6 Å². The molecule has 0 aromatic heterocycles. The first-order valence-corrected chi connectivity index (χ1v) is 10.2. The predicted octanol–water partition coefficient (Wildman–Crippen LogP) is 3.50. The monoisotopic (exact) mass is 446 g/mol. The highest BCUT2D eigenvalue weighted by Crippen LogP contribution is 2.31. The maximum Gasteiger partial charge on any atom is 0.241 e. The zero-order chi connectivity index (χ0) is 22.7. The summed E-state index contributed by atoms with van der Waals surface area (Å²) < 4.78 is 13.2. The second-order valence-corrected chi connectivity index (χ2v) is 7.99. The molecule has 2 aromatic carbocycles. The van der Waals surface area contributed by atoms with Crippen molar-refractivity contribution in [2.45, 2.75) is 32.4 Å². The highest BCUT2D eigenvalue weighted by atomic mass is 35.5. The van der Waals surface area contributed by atoms with Crippen molar-refractivity contribution in [3.05, 3.63) is 53.3 Å². The van der Waals surface area contributed by atoms with Gasteiger partial charge in [-0.25, -0.2) is 4.39 Å². The van der Waals surface area contributed by atoms with Crippen LogP contribution in [0, 0.1) is 5.82 Å². The van der Waals surface area contributed by atoms with Crippen LogP contribution in [0.25, 0.3) is 0 Å². The molecule has 2 N–H and O–H groups in total. The lowest BCUT2D eigenvalue weighted by molar-refractivity contribution is -0.123. The molecule has 0 bridgehead atoms. The lowest BCUT2D eigenvalue weighted by Crippen LogP contribution is -2.48. The molecule has 0 fully saturated rings. The normalized spacial score (nSPS) is 16.9. The smallest absolute Gasteiger partial charge is 0.241 e. The average molecular weight is 447 g/mol. The number of likely N-dealkylation sites (N-methyl/N-ethyl adjacent to an activating group) is 1. The van der Waals surface area contributed by atoms with Gasteiger partial charge in [0.05, 0.1) is 34.7 Å². The van der Waals surface area contributed by atoms with Crippen molar-refractivity contribution in [1.82, 2.24) is 4.90 Å². The number of nitrogens with zero attached hydrogens (tertiary/aromatic N) is 2. The van der Waals surface area contributed by atoms with Crippen LogP contribution in [0.1, 0.15) is 20.3 Å². The van der Waals surface area contributed by atoms with Crippen molar-refractivity contribution < 1.29 is 18.8 Å². The van der Waals surface area contributed by atoms with E-state index in [4.69, 9.17) is 11.6 Å². The summed E-state index contributed by atoms with van der Waals surface area (Å²) in [7, 11) is 1.66. The number of amides is 3. The Morgan fingerprint density at radius 1 is 1.32 bits per heavy atom. The summed E-state index contributed by atoms with van der Waals surface area (Å²) in [5, 5.41) is 5.56. The van der Waals surface area contributed by atoms with Crippen LogP contribution in [0.5, 0.6) is 0 Å². The Bertz CT molecular complexity index is 1020. The van der Waals surface area contributed by atoms with Crippen LogP contribution in [0.4, 0.5) is 21.5 Å². The van der Waals surface area contributed by atoms with Crippen molar-refractivity contribution in [2.24, 2.45) is 0 Å². The van der Waals surface area contributed by atoms with Gasteiger partial charge in [-0.2, -0.15) is 0 Å². The molecule has 7 nitrogen and oxygen atoms in total. The fourth-order valence-corrected chi connectivity index (χ4v) is 3.64. The maximum atomic E-state index is 13.2. The number of carbonyl (C=O) groups excluding carboxylic acids is 3. The Balaban J connectivity index is 1.71. The van der Waals surface area contributed by atoms with Gasteiger partial charge in [0, 0.05) is 12.5 Å². The molecule has 3 amide bonds. The Morgan fingerprint density at radius 2 is 2.03 bits per heavy atom. The zero-order valence-corrected chi connectivity index (χ0v) is 18.2. The molecular weight excluding hydrogens is 423 g/mol. The third-order valence-corrected chi connectivity index (χ3v) is 5.55. The SMILES string of the molecule is C[C@@H]1CC(=O)Nc2ccccc2N1C(=O)CN(C)[C@@H](C)C(=O)Nc1ccc(F)cc1Cl.